The molecule has 1 aromatic heterocycles. The molecule has 2 fully saturated rings. The monoisotopic (exact) mass is 370 g/mol. The molecule has 4 rings (SSSR count). The normalized spacial score (nSPS) is 26.8. The van der Waals surface area contributed by atoms with E-state index in [0.717, 1.165) is 30.5 Å². The Bertz CT molecular complexity index is 876. The van der Waals surface area contributed by atoms with Crippen LogP contribution in [0.1, 0.15) is 30.4 Å². The maximum atomic E-state index is 12.8. The molecule has 1 aromatic carbocycles. The Labute approximate surface area is 156 Å². The zero-order valence-electron chi connectivity index (χ0n) is 14.9. The Balaban J connectivity index is 1.51. The molecule has 0 spiro atoms. The Morgan fingerprint density at radius 2 is 1.88 bits per heavy atom. The van der Waals surface area contributed by atoms with Gasteiger partial charge in [0.25, 0.3) is 0 Å². The summed E-state index contributed by atoms with van der Waals surface area (Å²) in [4.78, 5) is 28.9. The van der Waals surface area contributed by atoms with Crippen LogP contribution < -0.4 is 5.32 Å². The smallest absolute Gasteiger partial charge is 0.307 e. The van der Waals surface area contributed by atoms with Gasteiger partial charge in [-0.05, 0) is 62.1 Å². The molecule has 2 saturated carbocycles. The van der Waals surface area contributed by atoms with Crippen molar-refractivity contribution in [2.45, 2.75) is 33.1 Å². The number of fused-ring (bicyclic) bond motifs is 2. The van der Waals surface area contributed by atoms with Crippen LogP contribution in [0, 0.1) is 37.5 Å². The number of carboxylic acid groups (broad SMARTS) is 1. The third kappa shape index (κ3) is 2.92. The highest BCUT2D eigenvalue weighted by atomic mass is 32.1. The van der Waals surface area contributed by atoms with E-state index in [9.17, 15) is 14.7 Å². The van der Waals surface area contributed by atoms with Crippen molar-refractivity contribution in [2.75, 3.05) is 5.32 Å². The van der Waals surface area contributed by atoms with Crippen LogP contribution in [0.15, 0.2) is 23.6 Å². The van der Waals surface area contributed by atoms with Gasteiger partial charge in [0.05, 0.1) is 17.5 Å². The van der Waals surface area contributed by atoms with Gasteiger partial charge in [0.15, 0.2) is 5.13 Å². The van der Waals surface area contributed by atoms with E-state index in [-0.39, 0.29) is 17.7 Å². The standard InChI is InChI=1S/C20H22N2O3S/c1-10-3-4-12(7-11(10)2)15-9-26-20(21-15)22-18(23)16-13-5-6-14(8-13)17(16)19(24)25/h3-4,7,9,13-14,16-17H,5-6,8H2,1-2H3,(H,24,25)(H,21,22,23)/t13-,14+,16-,17-/m0/s1. The summed E-state index contributed by atoms with van der Waals surface area (Å²) >= 11 is 1.38. The van der Waals surface area contributed by atoms with Crippen molar-refractivity contribution < 1.29 is 14.7 Å². The lowest BCUT2D eigenvalue weighted by Crippen LogP contribution is -2.37. The van der Waals surface area contributed by atoms with Crippen molar-refractivity contribution in [3.8, 4) is 11.3 Å². The van der Waals surface area contributed by atoms with Gasteiger partial charge >= 0.3 is 5.97 Å². The van der Waals surface area contributed by atoms with Crippen LogP contribution >= 0.6 is 11.3 Å². The van der Waals surface area contributed by atoms with E-state index < -0.39 is 17.8 Å². The average Bonchev–Trinajstić information content (AvgIpc) is 3.32. The highest BCUT2D eigenvalue weighted by Crippen LogP contribution is 2.52. The largest absolute Gasteiger partial charge is 0.481 e. The second-order valence-electron chi connectivity index (χ2n) is 7.55. The number of aromatic nitrogens is 1. The Morgan fingerprint density at radius 1 is 1.15 bits per heavy atom. The number of anilines is 1. The van der Waals surface area contributed by atoms with Gasteiger partial charge in [-0.2, -0.15) is 0 Å². The van der Waals surface area contributed by atoms with Gasteiger partial charge in [-0.1, -0.05) is 12.1 Å². The Hall–Kier alpha value is -2.21. The zero-order valence-corrected chi connectivity index (χ0v) is 15.7. The average molecular weight is 370 g/mol. The van der Waals surface area contributed by atoms with Gasteiger partial charge in [0.1, 0.15) is 0 Å². The van der Waals surface area contributed by atoms with E-state index in [1.54, 1.807) is 0 Å². The molecule has 0 saturated heterocycles. The summed E-state index contributed by atoms with van der Waals surface area (Å²) in [6, 6.07) is 6.18. The third-order valence-electron chi connectivity index (χ3n) is 6.04. The number of thiazole rings is 1. The molecule has 1 heterocycles. The van der Waals surface area contributed by atoms with Gasteiger partial charge in [0, 0.05) is 10.9 Å². The SMILES string of the molecule is Cc1ccc(-c2csc(NC(=O)[C@H]3[C@H]4CC[C@H](C4)[C@@H]3C(=O)O)n2)cc1C. The first-order valence-corrected chi connectivity index (χ1v) is 9.89. The summed E-state index contributed by atoms with van der Waals surface area (Å²) in [5.41, 5.74) is 4.28. The Morgan fingerprint density at radius 3 is 2.58 bits per heavy atom. The molecule has 6 heteroatoms. The van der Waals surface area contributed by atoms with Crippen molar-refractivity contribution in [1.29, 1.82) is 0 Å². The van der Waals surface area contributed by atoms with E-state index in [0.29, 0.717) is 5.13 Å². The molecule has 5 nitrogen and oxygen atoms in total. The fraction of sp³-hybridized carbons (Fsp3) is 0.450. The van der Waals surface area contributed by atoms with Crippen molar-refractivity contribution in [1.82, 2.24) is 4.98 Å². The van der Waals surface area contributed by atoms with Gasteiger partial charge in [0.2, 0.25) is 5.91 Å². The molecule has 2 N–H and O–H groups in total. The molecule has 2 aliphatic rings. The van der Waals surface area contributed by atoms with Crippen LogP contribution in [0.3, 0.4) is 0 Å². The molecule has 26 heavy (non-hydrogen) atoms. The zero-order chi connectivity index (χ0) is 18.4. The van der Waals surface area contributed by atoms with Crippen LogP contribution in [0.2, 0.25) is 0 Å². The first-order chi connectivity index (χ1) is 12.4. The minimum atomic E-state index is -0.840. The molecule has 0 aliphatic heterocycles. The number of nitrogens with zero attached hydrogens (tertiary/aromatic N) is 1. The number of carboxylic acids is 1. The minimum Gasteiger partial charge on any atom is -0.481 e. The van der Waals surface area contributed by atoms with Crippen LogP contribution in [-0.2, 0) is 9.59 Å². The predicted octanol–water partition coefficient (Wildman–Crippen LogP) is 4.11. The summed E-state index contributed by atoms with van der Waals surface area (Å²) in [6.07, 6.45) is 2.75. The van der Waals surface area contributed by atoms with E-state index in [2.05, 4.69) is 36.3 Å². The maximum Gasteiger partial charge on any atom is 0.307 e. The first-order valence-electron chi connectivity index (χ1n) is 9.01. The third-order valence-corrected chi connectivity index (χ3v) is 6.80. The number of aliphatic carboxylic acids is 1. The van der Waals surface area contributed by atoms with Crippen molar-refractivity contribution in [2.24, 2.45) is 23.7 Å². The van der Waals surface area contributed by atoms with Crippen molar-refractivity contribution in [3.05, 3.63) is 34.7 Å². The Kier molecular flexibility index (Phi) is 4.31. The fourth-order valence-corrected chi connectivity index (χ4v) is 5.30. The summed E-state index contributed by atoms with van der Waals surface area (Å²) in [5.74, 6) is -1.66. The summed E-state index contributed by atoms with van der Waals surface area (Å²) in [6.45, 7) is 4.13. The van der Waals surface area contributed by atoms with Gasteiger partial charge < -0.3 is 10.4 Å². The van der Waals surface area contributed by atoms with Crippen LogP contribution in [0.5, 0.6) is 0 Å². The van der Waals surface area contributed by atoms with Gasteiger partial charge in [-0.3, -0.25) is 9.59 Å². The van der Waals surface area contributed by atoms with Gasteiger partial charge in [-0.15, -0.1) is 11.3 Å². The lowest BCUT2D eigenvalue weighted by molar-refractivity contribution is -0.148. The number of carbonyl (C=O) groups excluding carboxylic acids is 1. The molecule has 0 radical (unpaired) electrons. The first kappa shape index (κ1) is 17.2. The summed E-state index contributed by atoms with van der Waals surface area (Å²) < 4.78 is 0. The molecule has 2 aliphatic carbocycles. The molecule has 4 atom stereocenters. The molecule has 2 aromatic rings. The molecular formula is C20H22N2O3S. The number of carbonyl (C=O) groups is 2. The lowest BCUT2D eigenvalue weighted by Gasteiger charge is -2.26. The fourth-order valence-electron chi connectivity index (χ4n) is 4.58. The van der Waals surface area contributed by atoms with Crippen molar-refractivity contribution in [3.63, 3.8) is 0 Å². The minimum absolute atomic E-state index is 0.149. The highest BCUT2D eigenvalue weighted by molar-refractivity contribution is 7.14. The van der Waals surface area contributed by atoms with Crippen LogP contribution in [-0.4, -0.2) is 22.0 Å². The summed E-state index contributed by atoms with van der Waals surface area (Å²) in [7, 11) is 0. The van der Waals surface area contributed by atoms with E-state index in [4.69, 9.17) is 0 Å². The number of aryl methyl sites for hydroxylation is 2. The molecule has 2 bridgehead atoms. The number of benzene rings is 1. The number of hydrogen-bond donors (Lipinski definition) is 2. The molecule has 0 unspecified atom stereocenters. The second kappa shape index (κ2) is 6.50. The second-order valence-corrected chi connectivity index (χ2v) is 8.41. The van der Waals surface area contributed by atoms with Gasteiger partial charge in [-0.25, -0.2) is 4.98 Å². The van der Waals surface area contributed by atoms with Crippen molar-refractivity contribution >= 4 is 28.3 Å². The molecule has 1 amide bonds. The predicted molar refractivity (Wildman–Crippen MR) is 101 cm³/mol. The summed E-state index contributed by atoms with van der Waals surface area (Å²) in [5, 5.41) is 14.9. The lowest BCUT2D eigenvalue weighted by atomic mass is 9.79. The number of hydrogen-bond acceptors (Lipinski definition) is 4. The van der Waals surface area contributed by atoms with E-state index in [1.165, 1.54) is 22.5 Å². The highest BCUT2D eigenvalue weighted by Gasteiger charge is 2.54. The number of amides is 1. The van der Waals surface area contributed by atoms with E-state index >= 15 is 0 Å². The van der Waals surface area contributed by atoms with E-state index in [1.807, 2.05) is 11.4 Å². The number of nitrogens with one attached hydrogen (secondary N) is 1. The number of rotatable bonds is 4. The van der Waals surface area contributed by atoms with Crippen LogP contribution in [0.4, 0.5) is 5.13 Å². The maximum absolute atomic E-state index is 12.8. The quantitative estimate of drug-likeness (QED) is 0.849. The molecular weight excluding hydrogens is 348 g/mol. The topological polar surface area (TPSA) is 79.3 Å². The molecule has 136 valence electrons. The van der Waals surface area contributed by atoms with Crippen LogP contribution in [0.25, 0.3) is 11.3 Å².